The first-order valence-corrected chi connectivity index (χ1v) is 7.89. The third-order valence-electron chi connectivity index (χ3n) is 3.79. The van der Waals surface area contributed by atoms with Gasteiger partial charge in [-0.05, 0) is 30.3 Å². The number of benzene rings is 2. The molecule has 5 nitrogen and oxygen atoms in total. The predicted molar refractivity (Wildman–Crippen MR) is 96.3 cm³/mol. The van der Waals surface area contributed by atoms with E-state index in [9.17, 15) is 22.4 Å². The van der Waals surface area contributed by atoms with Crippen LogP contribution in [-0.2, 0) is 15.5 Å². The molecule has 1 aliphatic rings. The zero-order valence-corrected chi connectivity index (χ0v) is 14.3. The standard InChI is InChI=1S/C18H13BF4N2O3/c1-10-11(2)28-19(27-10)13-4-6-14(7-5-13)24-17(26)25-16-9-12(18(21,22)23)3-8-15(16)20/h3-9H,1-2H2,(H2,24,25,26). The summed E-state index contributed by atoms with van der Waals surface area (Å²) in [5, 5.41) is 4.45. The van der Waals surface area contributed by atoms with Gasteiger partial charge in [0, 0.05) is 11.2 Å². The Labute approximate surface area is 157 Å². The summed E-state index contributed by atoms with van der Waals surface area (Å²) < 4.78 is 62.6. The Kier molecular flexibility index (Phi) is 5.04. The summed E-state index contributed by atoms with van der Waals surface area (Å²) >= 11 is 0. The minimum atomic E-state index is -4.66. The molecule has 2 aromatic rings. The minimum absolute atomic E-state index is 0.315. The highest BCUT2D eigenvalue weighted by molar-refractivity contribution is 6.62. The molecule has 0 saturated carbocycles. The molecule has 1 aliphatic heterocycles. The number of anilines is 2. The average Bonchev–Trinajstić information content (AvgIpc) is 2.95. The van der Waals surface area contributed by atoms with Crippen LogP contribution < -0.4 is 16.1 Å². The van der Waals surface area contributed by atoms with Crippen LogP contribution in [0.25, 0.3) is 0 Å². The number of urea groups is 1. The third kappa shape index (κ3) is 4.28. The highest BCUT2D eigenvalue weighted by Crippen LogP contribution is 2.31. The number of hydrogen-bond donors (Lipinski definition) is 2. The second-order valence-electron chi connectivity index (χ2n) is 5.81. The van der Waals surface area contributed by atoms with Gasteiger partial charge in [0.1, 0.15) is 17.3 Å². The van der Waals surface area contributed by atoms with Gasteiger partial charge in [0.25, 0.3) is 0 Å². The zero-order valence-electron chi connectivity index (χ0n) is 14.3. The van der Waals surface area contributed by atoms with Gasteiger partial charge in [0.2, 0.25) is 0 Å². The number of amides is 2. The lowest BCUT2D eigenvalue weighted by atomic mass is 9.79. The fourth-order valence-electron chi connectivity index (χ4n) is 2.36. The summed E-state index contributed by atoms with van der Waals surface area (Å²) in [6.45, 7) is 7.25. The Morgan fingerprint density at radius 3 is 2.14 bits per heavy atom. The van der Waals surface area contributed by atoms with Crippen molar-refractivity contribution in [2.24, 2.45) is 0 Å². The average molecular weight is 392 g/mol. The van der Waals surface area contributed by atoms with E-state index in [1.54, 1.807) is 12.1 Å². The van der Waals surface area contributed by atoms with Gasteiger partial charge in [-0.15, -0.1) is 0 Å². The quantitative estimate of drug-likeness (QED) is 0.607. The van der Waals surface area contributed by atoms with Gasteiger partial charge in [-0.3, -0.25) is 0 Å². The Morgan fingerprint density at radius 2 is 1.57 bits per heavy atom. The molecule has 0 aromatic heterocycles. The summed E-state index contributed by atoms with van der Waals surface area (Å²) in [6.07, 6.45) is -4.66. The van der Waals surface area contributed by atoms with Crippen molar-refractivity contribution in [2.75, 3.05) is 10.6 Å². The molecule has 2 N–H and O–H groups in total. The number of nitrogens with one attached hydrogen (secondary N) is 2. The topological polar surface area (TPSA) is 59.6 Å². The van der Waals surface area contributed by atoms with Gasteiger partial charge in [-0.1, -0.05) is 25.3 Å². The molecule has 10 heteroatoms. The Morgan fingerprint density at radius 1 is 0.964 bits per heavy atom. The van der Waals surface area contributed by atoms with Crippen LogP contribution in [0, 0.1) is 5.82 Å². The third-order valence-corrected chi connectivity index (χ3v) is 3.79. The van der Waals surface area contributed by atoms with Crippen LogP contribution in [0.3, 0.4) is 0 Å². The van der Waals surface area contributed by atoms with E-state index in [-0.39, 0.29) is 0 Å². The first-order chi connectivity index (χ1) is 13.1. The van der Waals surface area contributed by atoms with E-state index >= 15 is 0 Å². The summed E-state index contributed by atoms with van der Waals surface area (Å²) in [7, 11) is -0.706. The number of rotatable bonds is 3. The van der Waals surface area contributed by atoms with Crippen molar-refractivity contribution >= 4 is 30.0 Å². The van der Waals surface area contributed by atoms with E-state index in [1.807, 2.05) is 0 Å². The van der Waals surface area contributed by atoms with Gasteiger partial charge < -0.3 is 19.9 Å². The van der Waals surface area contributed by atoms with Gasteiger partial charge in [0.15, 0.2) is 0 Å². The van der Waals surface area contributed by atoms with E-state index in [0.29, 0.717) is 40.9 Å². The number of carbonyl (C=O) groups excluding carboxylic acids is 1. The second kappa shape index (κ2) is 7.30. The van der Waals surface area contributed by atoms with Gasteiger partial charge in [-0.25, -0.2) is 9.18 Å². The summed E-state index contributed by atoms with van der Waals surface area (Å²) in [5.41, 5.74) is -0.707. The maximum atomic E-state index is 13.7. The van der Waals surface area contributed by atoms with Gasteiger partial charge >= 0.3 is 19.3 Å². The normalized spacial score (nSPS) is 13.8. The Hall–Kier alpha value is -3.43. The van der Waals surface area contributed by atoms with Crippen molar-refractivity contribution < 1.29 is 31.7 Å². The molecule has 0 atom stereocenters. The molecule has 0 bridgehead atoms. The summed E-state index contributed by atoms with van der Waals surface area (Å²) in [5.74, 6) is -0.362. The van der Waals surface area contributed by atoms with Crippen molar-refractivity contribution in [2.45, 2.75) is 6.18 Å². The number of halogens is 4. The molecule has 0 aliphatic carbocycles. The maximum absolute atomic E-state index is 13.7. The Bertz CT molecular complexity index is 929. The molecular weight excluding hydrogens is 379 g/mol. The van der Waals surface area contributed by atoms with Crippen molar-refractivity contribution in [1.29, 1.82) is 0 Å². The van der Waals surface area contributed by atoms with Crippen LogP contribution >= 0.6 is 0 Å². The molecular formula is C18H13BF4N2O3. The number of carbonyl (C=O) groups is 1. The molecule has 144 valence electrons. The monoisotopic (exact) mass is 392 g/mol. The Balaban J connectivity index is 1.66. The largest absolute Gasteiger partial charge is 0.632 e. The SMILES string of the molecule is C=C1OB(c2ccc(NC(=O)Nc3cc(C(F)(F)F)ccc3F)cc2)OC1=C. The van der Waals surface area contributed by atoms with Crippen molar-refractivity contribution in [3.63, 3.8) is 0 Å². The van der Waals surface area contributed by atoms with E-state index < -0.39 is 36.4 Å². The lowest BCUT2D eigenvalue weighted by molar-refractivity contribution is -0.137. The van der Waals surface area contributed by atoms with E-state index in [2.05, 4.69) is 23.8 Å². The van der Waals surface area contributed by atoms with E-state index in [1.165, 1.54) is 12.1 Å². The molecule has 1 saturated heterocycles. The molecule has 2 amide bonds. The fraction of sp³-hybridized carbons (Fsp3) is 0.0556. The van der Waals surface area contributed by atoms with Gasteiger partial charge in [-0.2, -0.15) is 13.2 Å². The predicted octanol–water partition coefficient (Wildman–Crippen LogP) is 4.26. The van der Waals surface area contributed by atoms with Crippen molar-refractivity contribution in [3.05, 3.63) is 78.5 Å². The second-order valence-corrected chi connectivity index (χ2v) is 5.81. The van der Waals surface area contributed by atoms with E-state index in [0.717, 1.165) is 0 Å². The maximum Gasteiger partial charge on any atom is 0.632 e. The molecule has 3 rings (SSSR count). The van der Waals surface area contributed by atoms with Crippen LogP contribution in [0.1, 0.15) is 5.56 Å². The smallest absolute Gasteiger partial charge is 0.520 e. The summed E-state index contributed by atoms with van der Waals surface area (Å²) in [4.78, 5) is 12.0. The van der Waals surface area contributed by atoms with Crippen LogP contribution in [0.5, 0.6) is 0 Å². The van der Waals surface area contributed by atoms with Crippen LogP contribution in [-0.4, -0.2) is 13.1 Å². The first kappa shape index (κ1) is 19.3. The van der Waals surface area contributed by atoms with Gasteiger partial charge in [0.05, 0.1) is 11.3 Å². The zero-order chi connectivity index (χ0) is 20.5. The molecule has 2 aromatic carbocycles. The summed E-state index contributed by atoms with van der Waals surface area (Å²) in [6, 6.07) is 7.10. The van der Waals surface area contributed by atoms with E-state index in [4.69, 9.17) is 9.31 Å². The van der Waals surface area contributed by atoms with Crippen LogP contribution in [0.15, 0.2) is 67.1 Å². The van der Waals surface area contributed by atoms with Crippen molar-refractivity contribution in [3.8, 4) is 0 Å². The highest BCUT2D eigenvalue weighted by Gasteiger charge is 2.34. The van der Waals surface area contributed by atoms with Crippen LogP contribution in [0.2, 0.25) is 0 Å². The molecule has 1 heterocycles. The molecule has 28 heavy (non-hydrogen) atoms. The van der Waals surface area contributed by atoms with Crippen molar-refractivity contribution in [1.82, 2.24) is 0 Å². The lowest BCUT2D eigenvalue weighted by Gasteiger charge is -2.12. The minimum Gasteiger partial charge on any atom is -0.520 e. The number of hydrogen-bond acceptors (Lipinski definition) is 3. The lowest BCUT2D eigenvalue weighted by Crippen LogP contribution is -2.31. The fourth-order valence-corrected chi connectivity index (χ4v) is 2.36. The first-order valence-electron chi connectivity index (χ1n) is 7.89. The number of alkyl halides is 3. The van der Waals surface area contributed by atoms with Crippen LogP contribution in [0.4, 0.5) is 33.7 Å². The molecule has 0 spiro atoms. The molecule has 0 unspecified atom stereocenters. The molecule has 0 radical (unpaired) electrons. The molecule has 1 fully saturated rings. The highest BCUT2D eigenvalue weighted by atomic mass is 19.4.